The van der Waals surface area contributed by atoms with E-state index in [4.69, 9.17) is 0 Å². The molecular formula is C11H13BrF3NO2S. The molecule has 0 radical (unpaired) electrons. The lowest BCUT2D eigenvalue weighted by Crippen LogP contribution is -2.29. The summed E-state index contributed by atoms with van der Waals surface area (Å²) in [5.74, 6) is 0. The van der Waals surface area contributed by atoms with Crippen LogP contribution < -0.4 is 4.90 Å². The van der Waals surface area contributed by atoms with Crippen molar-refractivity contribution in [2.45, 2.75) is 17.3 Å². The highest BCUT2D eigenvalue weighted by Crippen LogP contribution is 2.35. The Balaban J connectivity index is 3.39. The van der Waals surface area contributed by atoms with E-state index in [0.29, 0.717) is 18.4 Å². The summed E-state index contributed by atoms with van der Waals surface area (Å²) in [6, 6.07) is 5.16. The number of benzene rings is 1. The topological polar surface area (TPSA) is 37.4 Å². The fourth-order valence-corrected chi connectivity index (χ4v) is 3.03. The van der Waals surface area contributed by atoms with Gasteiger partial charge in [-0.05, 0) is 19.1 Å². The zero-order chi connectivity index (χ0) is 14.7. The molecule has 0 atom stereocenters. The number of halogens is 4. The van der Waals surface area contributed by atoms with Crippen molar-refractivity contribution in [2.75, 3.05) is 23.3 Å². The molecule has 0 bridgehead atoms. The second kappa shape index (κ2) is 6.13. The molecule has 108 valence electrons. The largest absolute Gasteiger partial charge is 0.501 e. The summed E-state index contributed by atoms with van der Waals surface area (Å²) in [4.78, 5) is 0.873. The molecule has 0 saturated carbocycles. The Morgan fingerprint density at radius 2 is 1.84 bits per heavy atom. The van der Waals surface area contributed by atoms with Gasteiger partial charge in [0.15, 0.2) is 0 Å². The minimum atomic E-state index is -5.34. The average molecular weight is 360 g/mol. The van der Waals surface area contributed by atoms with Crippen LogP contribution in [0.1, 0.15) is 6.92 Å². The van der Waals surface area contributed by atoms with Gasteiger partial charge in [0.1, 0.15) is 0 Å². The maximum absolute atomic E-state index is 12.6. The van der Waals surface area contributed by atoms with Gasteiger partial charge in [0, 0.05) is 18.4 Å². The molecule has 0 aliphatic heterocycles. The number of alkyl halides is 4. The molecule has 0 aliphatic rings. The van der Waals surface area contributed by atoms with Crippen molar-refractivity contribution in [2.24, 2.45) is 0 Å². The Morgan fingerprint density at radius 3 is 2.32 bits per heavy atom. The van der Waals surface area contributed by atoms with Gasteiger partial charge < -0.3 is 4.90 Å². The smallest absolute Gasteiger partial charge is 0.370 e. The predicted octanol–water partition coefficient (Wildman–Crippen LogP) is 3.20. The fourth-order valence-electron chi connectivity index (χ4n) is 1.62. The maximum atomic E-state index is 12.6. The van der Waals surface area contributed by atoms with Gasteiger partial charge in [0.2, 0.25) is 0 Å². The van der Waals surface area contributed by atoms with Crippen molar-refractivity contribution in [3.8, 4) is 0 Å². The number of rotatable bonds is 5. The molecule has 0 heterocycles. The van der Waals surface area contributed by atoms with E-state index < -0.39 is 20.2 Å². The van der Waals surface area contributed by atoms with Crippen LogP contribution in [0.15, 0.2) is 29.2 Å². The Hall–Kier alpha value is -0.760. The molecule has 0 aliphatic carbocycles. The summed E-state index contributed by atoms with van der Waals surface area (Å²) in [5.41, 5.74) is -5.22. The molecule has 0 amide bonds. The van der Waals surface area contributed by atoms with Crippen molar-refractivity contribution in [3.05, 3.63) is 24.3 Å². The quantitative estimate of drug-likeness (QED) is 0.757. The number of hydrogen-bond acceptors (Lipinski definition) is 3. The van der Waals surface area contributed by atoms with E-state index in [1.54, 1.807) is 11.8 Å². The van der Waals surface area contributed by atoms with Crippen LogP contribution in [0, 0.1) is 0 Å². The third-order valence-electron chi connectivity index (χ3n) is 2.54. The number of hydrogen-bond donors (Lipinski definition) is 0. The van der Waals surface area contributed by atoms with E-state index >= 15 is 0 Å². The molecule has 0 aromatic heterocycles. The van der Waals surface area contributed by atoms with Crippen LogP contribution in [-0.4, -0.2) is 32.3 Å². The molecule has 0 fully saturated rings. The molecule has 0 N–H and O–H groups in total. The summed E-state index contributed by atoms with van der Waals surface area (Å²) in [5, 5.41) is 0.529. The van der Waals surface area contributed by atoms with E-state index in [9.17, 15) is 21.6 Å². The molecule has 0 spiro atoms. The second-order valence-electron chi connectivity index (χ2n) is 3.69. The standard InChI is InChI=1S/C11H13BrF3NO2S/c1-2-16(8-7-12)9-5-3-4-6-10(9)19(17,18)11(13,14)15/h3-6H,2,7-8H2,1H3. The molecule has 19 heavy (non-hydrogen) atoms. The molecule has 8 heteroatoms. The van der Waals surface area contributed by atoms with Crippen LogP contribution >= 0.6 is 15.9 Å². The number of para-hydroxylation sites is 1. The zero-order valence-corrected chi connectivity index (χ0v) is 12.5. The van der Waals surface area contributed by atoms with Crippen molar-refractivity contribution >= 4 is 31.5 Å². The highest BCUT2D eigenvalue weighted by atomic mass is 79.9. The van der Waals surface area contributed by atoms with Crippen LogP contribution in [-0.2, 0) is 9.84 Å². The minimum absolute atomic E-state index is 0.0711. The highest BCUT2D eigenvalue weighted by Gasteiger charge is 2.48. The summed E-state index contributed by atoms with van der Waals surface area (Å²) in [6.45, 7) is 2.58. The third kappa shape index (κ3) is 3.42. The van der Waals surface area contributed by atoms with E-state index in [0.717, 1.165) is 6.07 Å². The van der Waals surface area contributed by atoms with E-state index in [-0.39, 0.29) is 5.69 Å². The average Bonchev–Trinajstić information content (AvgIpc) is 2.34. The van der Waals surface area contributed by atoms with Crippen LogP contribution in [0.25, 0.3) is 0 Å². The van der Waals surface area contributed by atoms with E-state index in [2.05, 4.69) is 15.9 Å². The molecular weight excluding hydrogens is 347 g/mol. The third-order valence-corrected chi connectivity index (χ3v) is 4.42. The van der Waals surface area contributed by atoms with Crippen LogP contribution in [0.2, 0.25) is 0 Å². The summed E-state index contributed by atoms with van der Waals surface area (Å²) < 4.78 is 61.0. The summed E-state index contributed by atoms with van der Waals surface area (Å²) >= 11 is 3.19. The first-order valence-corrected chi connectivity index (χ1v) is 8.07. The Kier molecular flexibility index (Phi) is 5.26. The van der Waals surface area contributed by atoms with Crippen LogP contribution in [0.5, 0.6) is 0 Å². The number of anilines is 1. The predicted molar refractivity (Wildman–Crippen MR) is 71.4 cm³/mol. The van der Waals surface area contributed by atoms with Crippen LogP contribution in [0.4, 0.5) is 18.9 Å². The Morgan fingerprint density at radius 1 is 1.26 bits per heavy atom. The van der Waals surface area contributed by atoms with Crippen molar-refractivity contribution in [1.82, 2.24) is 0 Å². The number of sulfone groups is 1. The summed E-state index contributed by atoms with van der Waals surface area (Å²) in [6.07, 6.45) is 0. The monoisotopic (exact) mass is 359 g/mol. The van der Waals surface area contributed by atoms with Gasteiger partial charge in [-0.15, -0.1) is 0 Å². The van der Waals surface area contributed by atoms with E-state index in [1.165, 1.54) is 18.2 Å². The Bertz CT molecular complexity index is 531. The van der Waals surface area contributed by atoms with Gasteiger partial charge in [-0.25, -0.2) is 8.42 Å². The molecule has 1 aromatic carbocycles. The van der Waals surface area contributed by atoms with Crippen LogP contribution in [0.3, 0.4) is 0 Å². The van der Waals surface area contributed by atoms with Gasteiger partial charge in [-0.3, -0.25) is 0 Å². The molecule has 1 rings (SSSR count). The van der Waals surface area contributed by atoms with Gasteiger partial charge in [-0.1, -0.05) is 28.1 Å². The zero-order valence-electron chi connectivity index (χ0n) is 10.1. The first-order chi connectivity index (χ1) is 8.75. The van der Waals surface area contributed by atoms with Crippen molar-refractivity contribution in [1.29, 1.82) is 0 Å². The first kappa shape index (κ1) is 16.3. The first-order valence-electron chi connectivity index (χ1n) is 5.47. The molecule has 0 saturated heterocycles. The second-order valence-corrected chi connectivity index (χ2v) is 6.39. The van der Waals surface area contributed by atoms with Crippen molar-refractivity contribution in [3.63, 3.8) is 0 Å². The lowest BCUT2D eigenvalue weighted by molar-refractivity contribution is -0.0435. The van der Waals surface area contributed by atoms with Gasteiger partial charge in [0.25, 0.3) is 9.84 Å². The van der Waals surface area contributed by atoms with E-state index in [1.807, 2.05) is 0 Å². The maximum Gasteiger partial charge on any atom is 0.501 e. The minimum Gasteiger partial charge on any atom is -0.370 e. The fraction of sp³-hybridized carbons (Fsp3) is 0.455. The SMILES string of the molecule is CCN(CCBr)c1ccccc1S(=O)(=O)C(F)(F)F. The van der Waals surface area contributed by atoms with Crippen molar-refractivity contribution < 1.29 is 21.6 Å². The van der Waals surface area contributed by atoms with Gasteiger partial charge >= 0.3 is 5.51 Å². The lowest BCUT2D eigenvalue weighted by atomic mass is 10.3. The molecule has 1 aromatic rings. The normalized spacial score (nSPS) is 12.5. The van der Waals surface area contributed by atoms with Gasteiger partial charge in [0.05, 0.1) is 10.6 Å². The summed E-state index contributed by atoms with van der Waals surface area (Å²) in [7, 11) is -5.34. The highest BCUT2D eigenvalue weighted by molar-refractivity contribution is 9.09. The lowest BCUT2D eigenvalue weighted by Gasteiger charge is -2.25. The Labute approximate surface area is 118 Å². The van der Waals surface area contributed by atoms with Gasteiger partial charge in [-0.2, -0.15) is 13.2 Å². The molecule has 0 unspecified atom stereocenters. The molecule has 3 nitrogen and oxygen atoms in total. The number of nitrogens with zero attached hydrogens (tertiary/aromatic N) is 1.